The first-order chi connectivity index (χ1) is 8.58. The van der Waals surface area contributed by atoms with Gasteiger partial charge in [0.2, 0.25) is 0 Å². The number of benzene rings is 2. The molecule has 0 heterocycles. The second-order valence-corrected chi connectivity index (χ2v) is 5.07. The van der Waals surface area contributed by atoms with Crippen LogP contribution in [0.25, 0.3) is 0 Å². The van der Waals surface area contributed by atoms with Crippen LogP contribution in [0.2, 0.25) is 0 Å². The van der Waals surface area contributed by atoms with Gasteiger partial charge in [-0.25, -0.2) is 0 Å². The second kappa shape index (κ2) is 5.36. The standard InChI is InChI=1S/C17H20O/c1-12-9-13(2)11-16(10-12)17(18)14(3)15-7-5-4-6-8-15/h4-11,14,17-18H,1-3H3. The normalized spacial score (nSPS) is 14.2. The Kier molecular flexibility index (Phi) is 3.83. The quantitative estimate of drug-likeness (QED) is 0.854. The van der Waals surface area contributed by atoms with Gasteiger partial charge in [0.1, 0.15) is 0 Å². The minimum absolute atomic E-state index is 0.104. The van der Waals surface area contributed by atoms with E-state index < -0.39 is 6.10 Å². The predicted molar refractivity (Wildman–Crippen MR) is 75.7 cm³/mol. The Morgan fingerprint density at radius 1 is 0.833 bits per heavy atom. The molecule has 0 aliphatic heterocycles. The highest BCUT2D eigenvalue weighted by atomic mass is 16.3. The first-order valence-corrected chi connectivity index (χ1v) is 6.39. The van der Waals surface area contributed by atoms with Crippen LogP contribution in [-0.4, -0.2) is 5.11 Å². The van der Waals surface area contributed by atoms with Gasteiger partial charge in [-0.15, -0.1) is 0 Å². The number of rotatable bonds is 3. The zero-order valence-electron chi connectivity index (χ0n) is 11.2. The van der Waals surface area contributed by atoms with Gasteiger partial charge in [-0.3, -0.25) is 0 Å². The summed E-state index contributed by atoms with van der Waals surface area (Å²) < 4.78 is 0. The minimum Gasteiger partial charge on any atom is -0.388 e. The Bertz CT molecular complexity index is 496. The van der Waals surface area contributed by atoms with Crippen molar-refractivity contribution in [3.05, 3.63) is 70.8 Å². The van der Waals surface area contributed by atoms with Crippen molar-refractivity contribution in [3.8, 4) is 0 Å². The van der Waals surface area contributed by atoms with Crippen molar-refractivity contribution in [2.45, 2.75) is 32.8 Å². The zero-order valence-corrected chi connectivity index (χ0v) is 11.2. The van der Waals surface area contributed by atoms with Crippen LogP contribution in [0.15, 0.2) is 48.5 Å². The maximum atomic E-state index is 10.5. The third-order valence-corrected chi connectivity index (χ3v) is 3.38. The highest BCUT2D eigenvalue weighted by molar-refractivity contribution is 5.32. The molecule has 0 bridgehead atoms. The lowest BCUT2D eigenvalue weighted by Crippen LogP contribution is -2.08. The summed E-state index contributed by atoms with van der Waals surface area (Å²) in [5, 5.41) is 10.5. The number of aryl methyl sites for hydroxylation is 2. The Balaban J connectivity index is 2.28. The molecule has 0 saturated carbocycles. The molecule has 0 fully saturated rings. The summed E-state index contributed by atoms with van der Waals surface area (Å²) in [6.07, 6.45) is -0.453. The van der Waals surface area contributed by atoms with Crippen LogP contribution < -0.4 is 0 Å². The highest BCUT2D eigenvalue weighted by Gasteiger charge is 2.18. The van der Waals surface area contributed by atoms with Gasteiger partial charge in [-0.05, 0) is 25.0 Å². The van der Waals surface area contributed by atoms with Crippen LogP contribution in [0, 0.1) is 13.8 Å². The lowest BCUT2D eigenvalue weighted by Gasteiger charge is -2.20. The van der Waals surface area contributed by atoms with E-state index in [1.165, 1.54) is 16.7 Å². The summed E-state index contributed by atoms with van der Waals surface area (Å²) in [5.74, 6) is 0.104. The second-order valence-electron chi connectivity index (χ2n) is 5.07. The predicted octanol–water partition coefficient (Wildman–Crippen LogP) is 4.14. The molecule has 1 N–H and O–H groups in total. The van der Waals surface area contributed by atoms with Crippen molar-refractivity contribution in [1.82, 2.24) is 0 Å². The summed E-state index contributed by atoms with van der Waals surface area (Å²) in [5.41, 5.74) is 4.57. The summed E-state index contributed by atoms with van der Waals surface area (Å²) >= 11 is 0. The molecule has 2 rings (SSSR count). The molecule has 94 valence electrons. The van der Waals surface area contributed by atoms with E-state index in [1.54, 1.807) is 0 Å². The van der Waals surface area contributed by atoms with E-state index >= 15 is 0 Å². The molecule has 0 aliphatic rings. The Morgan fingerprint density at radius 2 is 1.39 bits per heavy atom. The molecule has 0 aromatic heterocycles. The number of aliphatic hydroxyl groups is 1. The number of hydrogen-bond acceptors (Lipinski definition) is 1. The SMILES string of the molecule is Cc1cc(C)cc(C(O)C(C)c2ccccc2)c1. The van der Waals surface area contributed by atoms with Crippen LogP contribution in [0.4, 0.5) is 0 Å². The van der Waals surface area contributed by atoms with Crippen molar-refractivity contribution < 1.29 is 5.11 Å². The molecular formula is C17H20O. The van der Waals surface area contributed by atoms with Gasteiger partial charge in [0.25, 0.3) is 0 Å². The topological polar surface area (TPSA) is 20.2 Å². The van der Waals surface area contributed by atoms with Gasteiger partial charge < -0.3 is 5.11 Å². The average Bonchev–Trinajstić information content (AvgIpc) is 2.37. The molecule has 2 atom stereocenters. The van der Waals surface area contributed by atoms with Crippen LogP contribution in [0.5, 0.6) is 0 Å². The van der Waals surface area contributed by atoms with E-state index in [2.05, 4.69) is 51.1 Å². The van der Waals surface area contributed by atoms with Gasteiger partial charge in [0, 0.05) is 5.92 Å². The van der Waals surface area contributed by atoms with Crippen molar-refractivity contribution >= 4 is 0 Å². The molecule has 0 radical (unpaired) electrons. The van der Waals surface area contributed by atoms with Gasteiger partial charge in [-0.1, -0.05) is 66.6 Å². The first kappa shape index (κ1) is 12.8. The largest absolute Gasteiger partial charge is 0.388 e. The van der Waals surface area contributed by atoms with Gasteiger partial charge in [0.15, 0.2) is 0 Å². The minimum atomic E-state index is -0.453. The summed E-state index contributed by atoms with van der Waals surface area (Å²) in [4.78, 5) is 0. The van der Waals surface area contributed by atoms with Crippen molar-refractivity contribution in [2.24, 2.45) is 0 Å². The molecule has 18 heavy (non-hydrogen) atoms. The van der Waals surface area contributed by atoms with Gasteiger partial charge in [-0.2, -0.15) is 0 Å². The van der Waals surface area contributed by atoms with E-state index in [4.69, 9.17) is 0 Å². The molecule has 1 nitrogen and oxygen atoms in total. The number of aliphatic hydroxyl groups excluding tert-OH is 1. The summed E-state index contributed by atoms with van der Waals surface area (Å²) in [7, 11) is 0. The van der Waals surface area contributed by atoms with E-state index in [9.17, 15) is 5.11 Å². The molecule has 2 aromatic rings. The molecule has 1 heteroatoms. The van der Waals surface area contributed by atoms with E-state index in [0.717, 1.165) is 5.56 Å². The first-order valence-electron chi connectivity index (χ1n) is 6.39. The molecule has 0 amide bonds. The summed E-state index contributed by atoms with van der Waals surface area (Å²) in [6.45, 7) is 6.20. The Labute approximate surface area is 109 Å². The molecule has 2 unspecified atom stereocenters. The molecular weight excluding hydrogens is 220 g/mol. The smallest absolute Gasteiger partial charge is 0.0856 e. The fourth-order valence-electron chi connectivity index (χ4n) is 2.41. The highest BCUT2D eigenvalue weighted by Crippen LogP contribution is 2.31. The van der Waals surface area contributed by atoms with E-state index in [-0.39, 0.29) is 5.92 Å². The third kappa shape index (κ3) is 2.80. The fourth-order valence-corrected chi connectivity index (χ4v) is 2.41. The number of hydrogen-bond donors (Lipinski definition) is 1. The van der Waals surface area contributed by atoms with Crippen LogP contribution in [0.3, 0.4) is 0 Å². The molecule has 0 saturated heterocycles. The van der Waals surface area contributed by atoms with Crippen molar-refractivity contribution in [2.75, 3.05) is 0 Å². The zero-order chi connectivity index (χ0) is 13.1. The van der Waals surface area contributed by atoms with Crippen LogP contribution in [-0.2, 0) is 0 Å². The van der Waals surface area contributed by atoms with Gasteiger partial charge >= 0.3 is 0 Å². The average molecular weight is 240 g/mol. The van der Waals surface area contributed by atoms with Crippen molar-refractivity contribution in [3.63, 3.8) is 0 Å². The van der Waals surface area contributed by atoms with Crippen molar-refractivity contribution in [1.29, 1.82) is 0 Å². The van der Waals surface area contributed by atoms with Crippen LogP contribution in [0.1, 0.15) is 41.2 Å². The Hall–Kier alpha value is -1.60. The Morgan fingerprint density at radius 3 is 1.94 bits per heavy atom. The monoisotopic (exact) mass is 240 g/mol. The maximum absolute atomic E-state index is 10.5. The molecule has 0 aliphatic carbocycles. The van der Waals surface area contributed by atoms with Crippen LogP contribution >= 0.6 is 0 Å². The molecule has 2 aromatic carbocycles. The maximum Gasteiger partial charge on any atom is 0.0856 e. The molecule has 0 spiro atoms. The lowest BCUT2D eigenvalue weighted by molar-refractivity contribution is 0.151. The third-order valence-electron chi connectivity index (χ3n) is 3.38. The lowest BCUT2D eigenvalue weighted by atomic mass is 9.89. The summed E-state index contributed by atoms with van der Waals surface area (Å²) in [6, 6.07) is 16.4. The fraction of sp³-hybridized carbons (Fsp3) is 0.294. The van der Waals surface area contributed by atoms with Gasteiger partial charge in [0.05, 0.1) is 6.10 Å². The van der Waals surface area contributed by atoms with E-state index in [0.29, 0.717) is 0 Å². The van der Waals surface area contributed by atoms with E-state index in [1.807, 2.05) is 18.2 Å².